The highest BCUT2D eigenvalue weighted by atomic mass is 32.2. The average molecular weight is 206 g/mol. The number of rotatable bonds is 3. The SMILES string of the molecule is CCSCC1CC(C)c2ccccc21. The summed E-state index contributed by atoms with van der Waals surface area (Å²) >= 11 is 2.07. The van der Waals surface area contributed by atoms with Crippen molar-refractivity contribution in [2.75, 3.05) is 11.5 Å². The second-order valence-electron chi connectivity index (χ2n) is 4.12. The predicted octanol–water partition coefficient (Wildman–Crippen LogP) is 4.03. The molecular weight excluding hydrogens is 188 g/mol. The summed E-state index contributed by atoms with van der Waals surface area (Å²) in [6.45, 7) is 4.60. The van der Waals surface area contributed by atoms with Crippen LogP contribution in [0.15, 0.2) is 24.3 Å². The van der Waals surface area contributed by atoms with E-state index in [1.54, 1.807) is 11.1 Å². The van der Waals surface area contributed by atoms with E-state index in [0.29, 0.717) is 0 Å². The van der Waals surface area contributed by atoms with Gasteiger partial charge in [0.15, 0.2) is 0 Å². The van der Waals surface area contributed by atoms with Crippen molar-refractivity contribution in [1.82, 2.24) is 0 Å². The van der Waals surface area contributed by atoms with Gasteiger partial charge in [-0.05, 0) is 35.1 Å². The minimum atomic E-state index is 0.772. The molecule has 2 unspecified atom stereocenters. The van der Waals surface area contributed by atoms with Gasteiger partial charge in [0.25, 0.3) is 0 Å². The summed E-state index contributed by atoms with van der Waals surface area (Å²) in [6.07, 6.45) is 1.35. The van der Waals surface area contributed by atoms with Crippen molar-refractivity contribution in [1.29, 1.82) is 0 Å². The minimum Gasteiger partial charge on any atom is -0.162 e. The van der Waals surface area contributed by atoms with Crippen LogP contribution in [0.1, 0.15) is 43.2 Å². The van der Waals surface area contributed by atoms with E-state index in [-0.39, 0.29) is 0 Å². The molecule has 0 heterocycles. The summed E-state index contributed by atoms with van der Waals surface area (Å²) in [7, 11) is 0. The summed E-state index contributed by atoms with van der Waals surface area (Å²) in [5.74, 6) is 4.13. The lowest BCUT2D eigenvalue weighted by Gasteiger charge is -2.09. The maximum Gasteiger partial charge on any atom is 0.000169 e. The molecule has 0 aliphatic heterocycles. The summed E-state index contributed by atoms with van der Waals surface area (Å²) in [4.78, 5) is 0. The van der Waals surface area contributed by atoms with Crippen molar-refractivity contribution < 1.29 is 0 Å². The second kappa shape index (κ2) is 4.39. The Morgan fingerprint density at radius 1 is 1.29 bits per heavy atom. The van der Waals surface area contributed by atoms with E-state index in [1.165, 1.54) is 17.9 Å². The number of hydrogen-bond donors (Lipinski definition) is 0. The zero-order valence-corrected chi connectivity index (χ0v) is 9.81. The molecular formula is C13H18S. The van der Waals surface area contributed by atoms with Crippen molar-refractivity contribution in [2.24, 2.45) is 0 Å². The van der Waals surface area contributed by atoms with Gasteiger partial charge in [-0.1, -0.05) is 38.1 Å². The smallest absolute Gasteiger partial charge is 0.000169 e. The number of thioether (sulfide) groups is 1. The predicted molar refractivity (Wildman–Crippen MR) is 65.2 cm³/mol. The molecule has 2 rings (SSSR count). The Bertz CT molecular complexity index is 306. The molecule has 0 nitrogen and oxygen atoms in total. The van der Waals surface area contributed by atoms with Gasteiger partial charge in [0, 0.05) is 5.75 Å². The molecule has 0 radical (unpaired) electrons. The van der Waals surface area contributed by atoms with Crippen LogP contribution in [-0.4, -0.2) is 11.5 Å². The average Bonchev–Trinajstić information content (AvgIpc) is 2.54. The molecule has 76 valence electrons. The van der Waals surface area contributed by atoms with Crippen LogP contribution in [-0.2, 0) is 0 Å². The maximum atomic E-state index is 2.36. The summed E-state index contributed by atoms with van der Waals surface area (Å²) in [5, 5.41) is 0. The van der Waals surface area contributed by atoms with Crippen molar-refractivity contribution >= 4 is 11.8 Å². The molecule has 0 aromatic heterocycles. The Balaban J connectivity index is 2.17. The second-order valence-corrected chi connectivity index (χ2v) is 5.44. The Labute approximate surface area is 91.1 Å². The number of hydrogen-bond acceptors (Lipinski definition) is 1. The van der Waals surface area contributed by atoms with E-state index in [2.05, 4.69) is 49.9 Å². The van der Waals surface area contributed by atoms with E-state index in [1.807, 2.05) is 0 Å². The van der Waals surface area contributed by atoms with Crippen LogP contribution in [0.25, 0.3) is 0 Å². The molecule has 0 spiro atoms. The first-order valence-electron chi connectivity index (χ1n) is 5.49. The highest BCUT2D eigenvalue weighted by Gasteiger charge is 2.26. The van der Waals surface area contributed by atoms with Gasteiger partial charge in [0.2, 0.25) is 0 Å². The molecule has 0 amide bonds. The van der Waals surface area contributed by atoms with Gasteiger partial charge in [-0.2, -0.15) is 11.8 Å². The topological polar surface area (TPSA) is 0 Å². The van der Waals surface area contributed by atoms with Crippen molar-refractivity contribution in [3.8, 4) is 0 Å². The molecule has 14 heavy (non-hydrogen) atoms. The van der Waals surface area contributed by atoms with Gasteiger partial charge in [-0.15, -0.1) is 0 Å². The first-order chi connectivity index (χ1) is 6.83. The van der Waals surface area contributed by atoms with Crippen molar-refractivity contribution in [2.45, 2.75) is 32.1 Å². The van der Waals surface area contributed by atoms with Crippen LogP contribution in [0.2, 0.25) is 0 Å². The normalized spacial score (nSPS) is 25.0. The molecule has 1 aromatic rings. The Kier molecular flexibility index (Phi) is 3.17. The van der Waals surface area contributed by atoms with Gasteiger partial charge in [0.05, 0.1) is 0 Å². The van der Waals surface area contributed by atoms with E-state index in [0.717, 1.165) is 11.8 Å². The lowest BCUT2D eigenvalue weighted by Crippen LogP contribution is -1.97. The van der Waals surface area contributed by atoms with Crippen LogP contribution < -0.4 is 0 Å². The zero-order valence-electron chi connectivity index (χ0n) is 8.99. The van der Waals surface area contributed by atoms with Crippen LogP contribution in [0.5, 0.6) is 0 Å². The van der Waals surface area contributed by atoms with Crippen LogP contribution >= 0.6 is 11.8 Å². The molecule has 1 aliphatic carbocycles. The third-order valence-electron chi connectivity index (χ3n) is 3.13. The molecule has 1 aromatic carbocycles. The molecule has 0 bridgehead atoms. The fourth-order valence-corrected chi connectivity index (χ4v) is 3.27. The monoisotopic (exact) mass is 206 g/mol. The summed E-state index contributed by atoms with van der Waals surface area (Å²) in [5.41, 5.74) is 3.20. The lowest BCUT2D eigenvalue weighted by atomic mass is 10.0. The third-order valence-corrected chi connectivity index (χ3v) is 4.17. The molecule has 1 aliphatic rings. The van der Waals surface area contributed by atoms with Gasteiger partial charge in [-0.3, -0.25) is 0 Å². The van der Waals surface area contributed by atoms with Crippen LogP contribution in [0.4, 0.5) is 0 Å². The fraction of sp³-hybridized carbons (Fsp3) is 0.538. The largest absolute Gasteiger partial charge is 0.162 e. The fourth-order valence-electron chi connectivity index (χ4n) is 2.43. The first-order valence-corrected chi connectivity index (χ1v) is 6.65. The third kappa shape index (κ3) is 1.83. The van der Waals surface area contributed by atoms with Crippen LogP contribution in [0.3, 0.4) is 0 Å². The molecule has 0 fully saturated rings. The zero-order chi connectivity index (χ0) is 9.97. The molecule has 2 atom stereocenters. The number of fused-ring (bicyclic) bond motifs is 1. The summed E-state index contributed by atoms with van der Waals surface area (Å²) in [6, 6.07) is 8.97. The van der Waals surface area contributed by atoms with Gasteiger partial charge < -0.3 is 0 Å². The Morgan fingerprint density at radius 3 is 2.71 bits per heavy atom. The number of benzene rings is 1. The highest BCUT2D eigenvalue weighted by Crippen LogP contribution is 2.42. The minimum absolute atomic E-state index is 0.772. The van der Waals surface area contributed by atoms with E-state index in [4.69, 9.17) is 0 Å². The van der Waals surface area contributed by atoms with Gasteiger partial charge in [0.1, 0.15) is 0 Å². The van der Waals surface area contributed by atoms with E-state index < -0.39 is 0 Å². The quantitative estimate of drug-likeness (QED) is 0.719. The molecule has 1 heteroatoms. The van der Waals surface area contributed by atoms with Crippen molar-refractivity contribution in [3.05, 3.63) is 35.4 Å². The van der Waals surface area contributed by atoms with E-state index >= 15 is 0 Å². The first kappa shape index (κ1) is 10.1. The molecule has 0 saturated heterocycles. The lowest BCUT2D eigenvalue weighted by molar-refractivity contribution is 0.667. The van der Waals surface area contributed by atoms with E-state index in [9.17, 15) is 0 Å². The summed E-state index contributed by atoms with van der Waals surface area (Å²) < 4.78 is 0. The maximum absolute atomic E-state index is 2.36. The molecule has 0 N–H and O–H groups in total. The van der Waals surface area contributed by atoms with Gasteiger partial charge >= 0.3 is 0 Å². The van der Waals surface area contributed by atoms with Crippen LogP contribution in [0, 0.1) is 0 Å². The highest BCUT2D eigenvalue weighted by molar-refractivity contribution is 7.99. The standard InChI is InChI=1S/C13H18S/c1-3-14-9-11-8-10(2)12-6-4-5-7-13(11)12/h4-7,10-11H,3,8-9H2,1-2H3. The van der Waals surface area contributed by atoms with Crippen molar-refractivity contribution in [3.63, 3.8) is 0 Å². The van der Waals surface area contributed by atoms with Gasteiger partial charge in [-0.25, -0.2) is 0 Å². The Morgan fingerprint density at radius 2 is 2.00 bits per heavy atom. The Hall–Kier alpha value is -0.430. The molecule has 0 saturated carbocycles.